The molecular formula is C9H15NO3. The maximum absolute atomic E-state index is 10.7. The molecule has 0 saturated carbocycles. The van der Waals surface area contributed by atoms with E-state index in [1.54, 1.807) is 0 Å². The lowest BCUT2D eigenvalue weighted by molar-refractivity contribution is -0.114. The fraction of sp³-hybridized carbons (Fsp3) is 0.556. The first-order chi connectivity index (χ1) is 6.16. The third kappa shape index (κ3) is 8.59. The van der Waals surface area contributed by atoms with Crippen LogP contribution < -0.4 is 5.73 Å². The summed E-state index contributed by atoms with van der Waals surface area (Å²) in [5, 5.41) is 0. The summed E-state index contributed by atoms with van der Waals surface area (Å²) in [6, 6.07) is 0. The van der Waals surface area contributed by atoms with E-state index < -0.39 is 6.09 Å². The quantitative estimate of drug-likeness (QED) is 0.481. The van der Waals surface area contributed by atoms with E-state index in [0.29, 0.717) is 13.0 Å². The highest BCUT2D eigenvalue weighted by molar-refractivity contribution is 5.88. The summed E-state index contributed by atoms with van der Waals surface area (Å²) in [7, 11) is 0. The van der Waals surface area contributed by atoms with Crippen molar-refractivity contribution in [2.24, 2.45) is 5.73 Å². The molecule has 0 atom stereocenters. The van der Waals surface area contributed by atoms with Crippen LogP contribution in [-0.4, -0.2) is 18.5 Å². The van der Waals surface area contributed by atoms with Crippen LogP contribution in [0.2, 0.25) is 0 Å². The van der Waals surface area contributed by atoms with Gasteiger partial charge in [-0.3, -0.25) is 4.79 Å². The minimum absolute atomic E-state index is 0.0517. The van der Waals surface area contributed by atoms with E-state index in [-0.39, 0.29) is 5.78 Å². The molecular weight excluding hydrogens is 170 g/mol. The van der Waals surface area contributed by atoms with Crippen molar-refractivity contribution in [1.82, 2.24) is 0 Å². The van der Waals surface area contributed by atoms with Gasteiger partial charge in [-0.15, -0.1) is 0 Å². The Morgan fingerprint density at radius 1 is 1.31 bits per heavy atom. The highest BCUT2D eigenvalue weighted by atomic mass is 16.5. The van der Waals surface area contributed by atoms with Crippen molar-refractivity contribution in [3.8, 4) is 0 Å². The lowest BCUT2D eigenvalue weighted by Crippen LogP contribution is -2.13. The molecule has 1 amide bonds. The van der Waals surface area contributed by atoms with Gasteiger partial charge in [0.1, 0.15) is 0 Å². The number of primary amides is 1. The van der Waals surface area contributed by atoms with Crippen molar-refractivity contribution in [3.05, 3.63) is 12.7 Å². The smallest absolute Gasteiger partial charge is 0.404 e. The van der Waals surface area contributed by atoms with Crippen LogP contribution in [0.25, 0.3) is 0 Å². The molecule has 0 spiro atoms. The Labute approximate surface area is 77.7 Å². The van der Waals surface area contributed by atoms with Crippen molar-refractivity contribution in [2.45, 2.75) is 25.7 Å². The van der Waals surface area contributed by atoms with Crippen LogP contribution in [0.5, 0.6) is 0 Å². The summed E-state index contributed by atoms with van der Waals surface area (Å²) in [6.07, 6.45) is 3.48. The predicted octanol–water partition coefficient (Wildman–Crippen LogP) is 1.40. The van der Waals surface area contributed by atoms with Crippen molar-refractivity contribution < 1.29 is 14.3 Å². The van der Waals surface area contributed by atoms with Crippen LogP contribution in [-0.2, 0) is 9.53 Å². The van der Waals surface area contributed by atoms with E-state index in [9.17, 15) is 9.59 Å². The van der Waals surface area contributed by atoms with Gasteiger partial charge in [0.15, 0.2) is 5.78 Å². The van der Waals surface area contributed by atoms with E-state index >= 15 is 0 Å². The van der Waals surface area contributed by atoms with Crippen molar-refractivity contribution in [1.29, 1.82) is 0 Å². The number of rotatable bonds is 7. The maximum Gasteiger partial charge on any atom is 0.404 e. The van der Waals surface area contributed by atoms with Crippen LogP contribution in [0.1, 0.15) is 25.7 Å². The first kappa shape index (κ1) is 11.7. The molecule has 0 bridgehead atoms. The number of ketones is 1. The zero-order valence-electron chi connectivity index (χ0n) is 7.62. The molecule has 0 aliphatic rings. The summed E-state index contributed by atoms with van der Waals surface area (Å²) in [4.78, 5) is 20.8. The first-order valence-electron chi connectivity index (χ1n) is 4.24. The molecule has 0 aromatic carbocycles. The second-order valence-electron chi connectivity index (χ2n) is 2.65. The third-order valence-corrected chi connectivity index (χ3v) is 1.54. The molecule has 0 aromatic rings. The third-order valence-electron chi connectivity index (χ3n) is 1.54. The minimum Gasteiger partial charge on any atom is -0.450 e. The van der Waals surface area contributed by atoms with Gasteiger partial charge in [-0.2, -0.15) is 0 Å². The minimum atomic E-state index is -0.748. The molecule has 2 N–H and O–H groups in total. The molecule has 0 aliphatic carbocycles. The molecule has 13 heavy (non-hydrogen) atoms. The maximum atomic E-state index is 10.7. The zero-order chi connectivity index (χ0) is 10.1. The Hall–Kier alpha value is -1.32. The molecule has 0 saturated heterocycles. The second kappa shape index (κ2) is 7.34. The normalized spacial score (nSPS) is 9.23. The number of allylic oxidation sites excluding steroid dienone is 1. The highest BCUT2D eigenvalue weighted by Crippen LogP contribution is 2.01. The molecule has 0 aliphatic heterocycles. The Morgan fingerprint density at radius 3 is 2.54 bits per heavy atom. The average Bonchev–Trinajstić information content (AvgIpc) is 2.10. The van der Waals surface area contributed by atoms with E-state index in [4.69, 9.17) is 5.73 Å². The number of hydrogen-bond donors (Lipinski definition) is 1. The molecule has 0 radical (unpaired) electrons. The zero-order valence-corrected chi connectivity index (χ0v) is 7.62. The molecule has 0 heterocycles. The largest absolute Gasteiger partial charge is 0.450 e. The van der Waals surface area contributed by atoms with Gasteiger partial charge in [0.2, 0.25) is 0 Å². The molecule has 4 heteroatoms. The van der Waals surface area contributed by atoms with Crippen molar-refractivity contribution >= 4 is 11.9 Å². The van der Waals surface area contributed by atoms with E-state index in [2.05, 4.69) is 11.3 Å². The number of ether oxygens (including phenoxy) is 1. The van der Waals surface area contributed by atoms with Crippen LogP contribution >= 0.6 is 0 Å². The Bertz CT molecular complexity index is 189. The number of amides is 1. The van der Waals surface area contributed by atoms with Crippen LogP contribution in [0.15, 0.2) is 12.7 Å². The second-order valence-corrected chi connectivity index (χ2v) is 2.65. The van der Waals surface area contributed by atoms with Gasteiger partial charge in [-0.05, 0) is 25.3 Å². The number of nitrogens with two attached hydrogens (primary N) is 1. The van der Waals surface area contributed by atoms with Crippen LogP contribution in [0.4, 0.5) is 4.79 Å². The van der Waals surface area contributed by atoms with Gasteiger partial charge >= 0.3 is 6.09 Å². The molecule has 0 rings (SSSR count). The molecule has 4 nitrogen and oxygen atoms in total. The van der Waals surface area contributed by atoms with E-state index in [1.807, 2.05) is 0 Å². The van der Waals surface area contributed by atoms with Crippen molar-refractivity contribution in [3.63, 3.8) is 0 Å². The highest BCUT2D eigenvalue weighted by Gasteiger charge is 1.96. The fourth-order valence-corrected chi connectivity index (χ4v) is 0.853. The predicted molar refractivity (Wildman–Crippen MR) is 49.2 cm³/mol. The van der Waals surface area contributed by atoms with Crippen LogP contribution in [0, 0.1) is 0 Å². The Kier molecular flexibility index (Phi) is 6.59. The molecule has 74 valence electrons. The van der Waals surface area contributed by atoms with Gasteiger partial charge in [-0.1, -0.05) is 6.58 Å². The van der Waals surface area contributed by atoms with E-state index in [1.165, 1.54) is 6.08 Å². The topological polar surface area (TPSA) is 69.4 Å². The fourth-order valence-electron chi connectivity index (χ4n) is 0.853. The monoisotopic (exact) mass is 185 g/mol. The van der Waals surface area contributed by atoms with Crippen LogP contribution in [0.3, 0.4) is 0 Å². The van der Waals surface area contributed by atoms with Gasteiger partial charge in [0.05, 0.1) is 6.61 Å². The number of unbranched alkanes of at least 4 members (excludes halogenated alkanes) is 2. The number of carbonyl (C=O) groups excluding carboxylic acids is 2. The van der Waals surface area contributed by atoms with Gasteiger partial charge in [-0.25, -0.2) is 4.79 Å². The number of hydrogen-bond acceptors (Lipinski definition) is 3. The standard InChI is InChI=1S/C9H15NO3/c1-2-8(11)6-4-3-5-7-13-9(10)12/h2H,1,3-7H2,(H2,10,12). The average molecular weight is 185 g/mol. The summed E-state index contributed by atoms with van der Waals surface area (Å²) in [5.74, 6) is 0.0517. The lowest BCUT2D eigenvalue weighted by atomic mass is 10.1. The lowest BCUT2D eigenvalue weighted by Gasteiger charge is -2.00. The van der Waals surface area contributed by atoms with E-state index in [0.717, 1.165) is 19.3 Å². The summed E-state index contributed by atoms with van der Waals surface area (Å²) < 4.78 is 4.51. The number of carbonyl (C=O) groups is 2. The molecule has 0 unspecified atom stereocenters. The Balaban J connectivity index is 3.12. The molecule has 0 fully saturated rings. The first-order valence-corrected chi connectivity index (χ1v) is 4.24. The summed E-state index contributed by atoms with van der Waals surface area (Å²) in [6.45, 7) is 3.69. The van der Waals surface area contributed by atoms with Gasteiger partial charge < -0.3 is 10.5 Å². The van der Waals surface area contributed by atoms with Gasteiger partial charge in [0, 0.05) is 6.42 Å². The summed E-state index contributed by atoms with van der Waals surface area (Å²) in [5.41, 5.74) is 4.75. The SMILES string of the molecule is C=CC(=O)CCCCCOC(N)=O. The Morgan fingerprint density at radius 2 is 2.00 bits per heavy atom. The summed E-state index contributed by atoms with van der Waals surface area (Å²) >= 11 is 0. The van der Waals surface area contributed by atoms with Crippen molar-refractivity contribution in [2.75, 3.05) is 6.61 Å². The molecule has 0 aromatic heterocycles. The van der Waals surface area contributed by atoms with Gasteiger partial charge in [0.25, 0.3) is 0 Å².